The van der Waals surface area contributed by atoms with E-state index >= 15 is 0 Å². The maximum absolute atomic E-state index is 12.8. The Labute approximate surface area is 226 Å². The van der Waals surface area contributed by atoms with E-state index in [0.29, 0.717) is 18.0 Å². The molecule has 0 spiro atoms. The summed E-state index contributed by atoms with van der Waals surface area (Å²) in [6.45, 7) is 6.12. The van der Waals surface area contributed by atoms with Gasteiger partial charge in [-0.3, -0.25) is 4.79 Å². The molecule has 3 heterocycles. The van der Waals surface area contributed by atoms with Crippen LogP contribution in [0.1, 0.15) is 40.2 Å². The van der Waals surface area contributed by atoms with Crippen LogP contribution in [-0.4, -0.2) is 84.9 Å². The van der Waals surface area contributed by atoms with Gasteiger partial charge in [0.15, 0.2) is 0 Å². The van der Waals surface area contributed by atoms with Crippen LogP contribution in [-0.2, 0) is 0 Å². The van der Waals surface area contributed by atoms with Gasteiger partial charge < -0.3 is 19.7 Å². The molecular weight excluding hydrogens is 470 g/mol. The first-order chi connectivity index (χ1) is 18.3. The molecule has 4 aromatic rings. The highest BCUT2D eigenvalue weighted by Crippen LogP contribution is 2.34. The molecule has 198 valence electrons. The smallest absolute Gasteiger partial charge is 0.253 e. The number of likely N-dealkylation sites (tertiary alicyclic amines) is 1. The molecule has 1 aliphatic heterocycles. The van der Waals surface area contributed by atoms with Crippen molar-refractivity contribution in [3.05, 3.63) is 77.6 Å². The number of amides is 1. The van der Waals surface area contributed by atoms with Crippen molar-refractivity contribution in [3.63, 3.8) is 0 Å². The number of piperidine rings is 1. The van der Waals surface area contributed by atoms with E-state index < -0.39 is 0 Å². The fourth-order valence-electron chi connectivity index (χ4n) is 5.50. The molecule has 0 aliphatic carbocycles. The van der Waals surface area contributed by atoms with E-state index in [-0.39, 0.29) is 5.91 Å². The largest absolute Gasteiger partial charge is 0.346 e. The van der Waals surface area contributed by atoms with Gasteiger partial charge in [-0.1, -0.05) is 30.3 Å². The van der Waals surface area contributed by atoms with E-state index in [9.17, 15) is 4.79 Å². The Kier molecular flexibility index (Phi) is 7.63. The van der Waals surface area contributed by atoms with Crippen molar-refractivity contribution in [2.24, 2.45) is 0 Å². The lowest BCUT2D eigenvalue weighted by molar-refractivity contribution is 0.0786. The van der Waals surface area contributed by atoms with Gasteiger partial charge in [0.1, 0.15) is 5.65 Å². The molecule has 1 N–H and O–H groups in total. The number of nitrogens with zero attached hydrogens (tertiary/aromatic N) is 4. The Morgan fingerprint density at radius 2 is 1.68 bits per heavy atom. The molecule has 1 fully saturated rings. The summed E-state index contributed by atoms with van der Waals surface area (Å²) in [5, 5.41) is 1.08. The van der Waals surface area contributed by atoms with Crippen LogP contribution in [0.25, 0.3) is 33.3 Å². The Balaban J connectivity index is 1.38. The lowest BCUT2D eigenvalue weighted by Gasteiger charge is -2.30. The molecule has 5 rings (SSSR count). The van der Waals surface area contributed by atoms with E-state index in [4.69, 9.17) is 4.98 Å². The number of aryl methyl sites for hydroxylation is 1. The van der Waals surface area contributed by atoms with Crippen LogP contribution >= 0.6 is 0 Å². The zero-order chi connectivity index (χ0) is 26.8. The SMILES string of the molecule is Cc1cc(-c2cnc3[nH]cc(-c4ccc(C(=O)N(C)CCN(C)C)cc4)c3c2)ccc1C1CCN(C)CC1. The Bertz CT molecular complexity index is 1410. The van der Waals surface area contributed by atoms with Crippen LogP contribution in [0.15, 0.2) is 60.9 Å². The van der Waals surface area contributed by atoms with Gasteiger partial charge in [0.05, 0.1) is 0 Å². The van der Waals surface area contributed by atoms with Crippen molar-refractivity contribution in [1.82, 2.24) is 24.7 Å². The second-order valence-corrected chi connectivity index (χ2v) is 11.1. The third-order valence-corrected chi connectivity index (χ3v) is 7.96. The number of hydrogen-bond donors (Lipinski definition) is 1. The summed E-state index contributed by atoms with van der Waals surface area (Å²) in [4.78, 5) is 27.2. The summed E-state index contributed by atoms with van der Waals surface area (Å²) in [6, 6.07) is 17.0. The molecule has 0 atom stereocenters. The normalized spacial score (nSPS) is 14.9. The number of likely N-dealkylation sites (N-methyl/N-ethyl adjacent to an activating group) is 2. The minimum absolute atomic E-state index is 0.0420. The number of nitrogens with one attached hydrogen (secondary N) is 1. The fraction of sp³-hybridized carbons (Fsp3) is 0.375. The second kappa shape index (κ2) is 11.1. The molecule has 1 aliphatic rings. The van der Waals surface area contributed by atoms with Crippen LogP contribution in [0.2, 0.25) is 0 Å². The minimum Gasteiger partial charge on any atom is -0.346 e. The van der Waals surface area contributed by atoms with E-state index in [1.807, 2.05) is 57.8 Å². The first kappa shape index (κ1) is 26.1. The summed E-state index contributed by atoms with van der Waals surface area (Å²) in [6.07, 6.45) is 6.43. The van der Waals surface area contributed by atoms with Crippen molar-refractivity contribution in [2.45, 2.75) is 25.7 Å². The molecule has 38 heavy (non-hydrogen) atoms. The molecule has 2 aromatic carbocycles. The highest BCUT2D eigenvalue weighted by molar-refractivity contribution is 5.98. The van der Waals surface area contributed by atoms with Gasteiger partial charge >= 0.3 is 0 Å². The van der Waals surface area contributed by atoms with Gasteiger partial charge in [0, 0.05) is 54.6 Å². The van der Waals surface area contributed by atoms with E-state index in [1.165, 1.54) is 42.6 Å². The monoisotopic (exact) mass is 509 g/mol. The number of hydrogen-bond acceptors (Lipinski definition) is 4. The van der Waals surface area contributed by atoms with Crippen LogP contribution < -0.4 is 0 Å². The Morgan fingerprint density at radius 3 is 2.37 bits per heavy atom. The van der Waals surface area contributed by atoms with Crippen molar-refractivity contribution >= 4 is 16.9 Å². The molecule has 2 aromatic heterocycles. The first-order valence-corrected chi connectivity index (χ1v) is 13.6. The molecule has 0 radical (unpaired) electrons. The zero-order valence-corrected chi connectivity index (χ0v) is 23.3. The standard InChI is InChI=1S/C32H39N5O/c1-22-18-26(10-11-28(22)24-12-14-36(4)15-13-24)27-19-29-30(21-34-31(29)33-20-27)23-6-8-25(9-7-23)32(38)37(5)17-16-35(2)3/h6-11,18-21,24H,12-17H2,1-5H3,(H,33,34). The molecule has 1 amide bonds. The van der Waals surface area contributed by atoms with Crippen molar-refractivity contribution in [3.8, 4) is 22.3 Å². The Hall–Kier alpha value is -3.48. The highest BCUT2D eigenvalue weighted by Gasteiger charge is 2.20. The van der Waals surface area contributed by atoms with E-state index in [0.717, 1.165) is 34.3 Å². The number of aromatic nitrogens is 2. The van der Waals surface area contributed by atoms with Crippen LogP contribution in [0.3, 0.4) is 0 Å². The predicted molar refractivity (Wildman–Crippen MR) is 157 cm³/mol. The Morgan fingerprint density at radius 1 is 0.974 bits per heavy atom. The van der Waals surface area contributed by atoms with Crippen molar-refractivity contribution in [2.75, 3.05) is 54.4 Å². The van der Waals surface area contributed by atoms with Crippen molar-refractivity contribution in [1.29, 1.82) is 0 Å². The average Bonchev–Trinajstić information content (AvgIpc) is 3.35. The summed E-state index contributed by atoms with van der Waals surface area (Å²) in [5.74, 6) is 0.695. The minimum atomic E-state index is 0.0420. The molecule has 6 heteroatoms. The number of benzene rings is 2. The molecule has 0 bridgehead atoms. The van der Waals surface area contributed by atoms with Crippen LogP contribution in [0.4, 0.5) is 0 Å². The summed E-state index contributed by atoms with van der Waals surface area (Å²) in [7, 11) is 8.10. The fourth-order valence-corrected chi connectivity index (χ4v) is 5.50. The number of carbonyl (C=O) groups excluding carboxylic acids is 1. The zero-order valence-electron chi connectivity index (χ0n) is 23.3. The lowest BCUT2D eigenvalue weighted by atomic mass is 9.86. The van der Waals surface area contributed by atoms with E-state index in [1.54, 1.807) is 4.90 Å². The average molecular weight is 510 g/mol. The van der Waals surface area contributed by atoms with Gasteiger partial charge in [0.25, 0.3) is 5.91 Å². The van der Waals surface area contributed by atoms with Gasteiger partial charge in [-0.25, -0.2) is 4.98 Å². The van der Waals surface area contributed by atoms with Crippen LogP contribution in [0.5, 0.6) is 0 Å². The predicted octanol–water partition coefficient (Wildman–Crippen LogP) is 5.65. The number of carbonyl (C=O) groups is 1. The number of H-pyrrole nitrogens is 1. The molecular formula is C32H39N5O. The lowest BCUT2D eigenvalue weighted by Crippen LogP contribution is -2.33. The van der Waals surface area contributed by atoms with Gasteiger partial charge in [0.2, 0.25) is 0 Å². The molecule has 0 saturated carbocycles. The topological polar surface area (TPSA) is 55.5 Å². The van der Waals surface area contributed by atoms with Crippen molar-refractivity contribution < 1.29 is 4.79 Å². The quantitative estimate of drug-likeness (QED) is 0.350. The maximum atomic E-state index is 12.8. The maximum Gasteiger partial charge on any atom is 0.253 e. The third-order valence-electron chi connectivity index (χ3n) is 7.96. The number of rotatable bonds is 7. The second-order valence-electron chi connectivity index (χ2n) is 11.1. The molecule has 1 saturated heterocycles. The van der Waals surface area contributed by atoms with Crippen LogP contribution in [0, 0.1) is 6.92 Å². The van der Waals surface area contributed by atoms with Gasteiger partial charge in [-0.2, -0.15) is 0 Å². The molecule has 6 nitrogen and oxygen atoms in total. The van der Waals surface area contributed by atoms with Gasteiger partial charge in [-0.15, -0.1) is 0 Å². The summed E-state index contributed by atoms with van der Waals surface area (Å²) in [5.41, 5.74) is 8.89. The first-order valence-electron chi connectivity index (χ1n) is 13.6. The number of fused-ring (bicyclic) bond motifs is 1. The third kappa shape index (κ3) is 5.52. The number of pyridine rings is 1. The highest BCUT2D eigenvalue weighted by atomic mass is 16.2. The summed E-state index contributed by atoms with van der Waals surface area (Å²) >= 11 is 0. The molecule has 0 unspecified atom stereocenters. The van der Waals surface area contributed by atoms with E-state index in [2.05, 4.69) is 53.0 Å². The number of aromatic amines is 1. The van der Waals surface area contributed by atoms with Gasteiger partial charge in [-0.05, 0) is 100 Å². The summed E-state index contributed by atoms with van der Waals surface area (Å²) < 4.78 is 0.